The predicted octanol–water partition coefficient (Wildman–Crippen LogP) is 3.09. The summed E-state index contributed by atoms with van der Waals surface area (Å²) in [5.74, 6) is 0.592. The van der Waals surface area contributed by atoms with Gasteiger partial charge < -0.3 is 10.2 Å². The normalized spacial score (nSPS) is 11.0. The van der Waals surface area contributed by atoms with Gasteiger partial charge in [0.25, 0.3) is 0 Å². The number of rotatable bonds is 4. The summed E-state index contributed by atoms with van der Waals surface area (Å²) >= 11 is 0. The van der Waals surface area contributed by atoms with Crippen molar-refractivity contribution >= 4 is 32.5 Å². The average Bonchev–Trinajstić information content (AvgIpc) is 2.58. The lowest BCUT2D eigenvalue weighted by Crippen LogP contribution is -2.26. The molecule has 0 aliphatic heterocycles. The standard InChI is InChI=1S/C20H19O2PSi/c1-14-8-7-13-20(15(14)2)24-23(18-11-5-3-9-16(18)21)19-12-6-4-10-17(19)22/h3-13,21-22H,1-2H3. The van der Waals surface area contributed by atoms with Crippen molar-refractivity contribution in [2.45, 2.75) is 13.8 Å². The van der Waals surface area contributed by atoms with Crippen molar-refractivity contribution in [3.63, 3.8) is 0 Å². The van der Waals surface area contributed by atoms with Crippen LogP contribution in [0.3, 0.4) is 0 Å². The minimum atomic E-state index is -0.870. The molecule has 2 N–H and O–H groups in total. The van der Waals surface area contributed by atoms with Crippen molar-refractivity contribution in [2.75, 3.05) is 0 Å². The number of para-hydroxylation sites is 2. The lowest BCUT2D eigenvalue weighted by Gasteiger charge is -2.21. The summed E-state index contributed by atoms with van der Waals surface area (Å²) in [7, 11) is -0.386. The average molecular weight is 350 g/mol. The Labute approximate surface area is 146 Å². The molecule has 3 aromatic carbocycles. The third-order valence-corrected chi connectivity index (χ3v) is 9.65. The van der Waals surface area contributed by atoms with Crippen LogP contribution in [0.5, 0.6) is 11.5 Å². The minimum Gasteiger partial charge on any atom is -0.507 e. The molecule has 0 fully saturated rings. The molecule has 0 bridgehead atoms. The molecule has 0 atom stereocenters. The molecular weight excluding hydrogens is 331 g/mol. The zero-order valence-corrected chi connectivity index (χ0v) is 15.6. The van der Waals surface area contributed by atoms with Crippen LogP contribution in [-0.4, -0.2) is 19.4 Å². The molecule has 120 valence electrons. The molecule has 3 aromatic rings. The zero-order valence-electron chi connectivity index (χ0n) is 13.7. The summed E-state index contributed by atoms with van der Waals surface area (Å²) in [6.45, 7) is 4.26. The summed E-state index contributed by atoms with van der Waals surface area (Å²) in [5.41, 5.74) is 2.55. The summed E-state index contributed by atoms with van der Waals surface area (Å²) in [6.07, 6.45) is 0. The topological polar surface area (TPSA) is 40.5 Å². The lowest BCUT2D eigenvalue weighted by atomic mass is 10.1. The largest absolute Gasteiger partial charge is 0.507 e. The van der Waals surface area contributed by atoms with Gasteiger partial charge in [0.05, 0.1) is 0 Å². The molecule has 24 heavy (non-hydrogen) atoms. The summed E-state index contributed by atoms with van der Waals surface area (Å²) in [4.78, 5) is 0. The number of aryl methyl sites for hydroxylation is 1. The van der Waals surface area contributed by atoms with Crippen LogP contribution in [0.25, 0.3) is 0 Å². The first-order chi connectivity index (χ1) is 11.6. The Balaban J connectivity index is 2.11. The maximum Gasteiger partial charge on any atom is 0.128 e. The van der Waals surface area contributed by atoms with Crippen LogP contribution in [-0.2, 0) is 0 Å². The van der Waals surface area contributed by atoms with Gasteiger partial charge in [0.15, 0.2) is 0 Å². The molecule has 0 spiro atoms. The van der Waals surface area contributed by atoms with E-state index < -0.39 is 7.47 Å². The lowest BCUT2D eigenvalue weighted by molar-refractivity contribution is 0.479. The van der Waals surface area contributed by atoms with E-state index in [1.807, 2.05) is 36.4 Å². The van der Waals surface area contributed by atoms with E-state index in [2.05, 4.69) is 32.0 Å². The first-order valence-corrected chi connectivity index (χ1v) is 11.0. The van der Waals surface area contributed by atoms with E-state index in [0.717, 1.165) is 10.6 Å². The van der Waals surface area contributed by atoms with E-state index in [1.165, 1.54) is 16.3 Å². The summed E-state index contributed by atoms with van der Waals surface area (Å²) < 4.78 is 0. The molecule has 2 nitrogen and oxygen atoms in total. The van der Waals surface area contributed by atoms with E-state index in [-0.39, 0.29) is 0 Å². The van der Waals surface area contributed by atoms with Gasteiger partial charge in [-0.15, -0.1) is 0 Å². The van der Waals surface area contributed by atoms with E-state index in [4.69, 9.17) is 0 Å². The summed E-state index contributed by atoms with van der Waals surface area (Å²) in [5, 5.41) is 23.9. The van der Waals surface area contributed by atoms with Gasteiger partial charge in [0.2, 0.25) is 0 Å². The molecule has 2 radical (unpaired) electrons. The van der Waals surface area contributed by atoms with Crippen LogP contribution in [0.1, 0.15) is 11.1 Å². The second kappa shape index (κ2) is 7.21. The molecule has 0 aromatic heterocycles. The second-order valence-corrected chi connectivity index (χ2v) is 10.1. The number of benzene rings is 3. The minimum absolute atomic E-state index is 0.296. The van der Waals surface area contributed by atoms with Crippen LogP contribution in [0, 0.1) is 13.8 Å². The van der Waals surface area contributed by atoms with Gasteiger partial charge in [-0.2, -0.15) is 0 Å². The Morgan fingerprint density at radius 2 is 1.25 bits per heavy atom. The van der Waals surface area contributed by atoms with Crippen molar-refractivity contribution in [1.29, 1.82) is 0 Å². The third kappa shape index (κ3) is 3.38. The first kappa shape index (κ1) is 16.8. The Morgan fingerprint density at radius 3 is 1.79 bits per heavy atom. The van der Waals surface area contributed by atoms with E-state index in [9.17, 15) is 10.2 Å². The van der Waals surface area contributed by atoms with Gasteiger partial charge in [-0.3, -0.25) is 0 Å². The van der Waals surface area contributed by atoms with Gasteiger partial charge in [-0.05, 0) is 44.6 Å². The monoisotopic (exact) mass is 350 g/mol. The molecule has 0 unspecified atom stereocenters. The number of phenols is 2. The Kier molecular flexibility index (Phi) is 5.03. The quantitative estimate of drug-likeness (QED) is 0.561. The molecular formula is C20H19O2PSi. The molecule has 3 rings (SSSR count). The fraction of sp³-hybridized carbons (Fsp3) is 0.100. The van der Waals surface area contributed by atoms with Crippen molar-refractivity contribution in [3.05, 3.63) is 77.9 Å². The third-order valence-electron chi connectivity index (χ3n) is 4.08. The molecule has 0 aliphatic rings. The highest BCUT2D eigenvalue weighted by atomic mass is 31.4. The number of hydrogen-bond donors (Lipinski definition) is 2. The Bertz CT molecular complexity index is 818. The van der Waals surface area contributed by atoms with Crippen molar-refractivity contribution < 1.29 is 10.2 Å². The van der Waals surface area contributed by atoms with Gasteiger partial charge in [-0.25, -0.2) is 0 Å². The highest BCUT2D eigenvalue weighted by Crippen LogP contribution is 2.37. The molecule has 0 aliphatic carbocycles. The molecule has 0 saturated carbocycles. The molecule has 0 saturated heterocycles. The van der Waals surface area contributed by atoms with Gasteiger partial charge in [-0.1, -0.05) is 59.8 Å². The molecule has 4 heteroatoms. The van der Waals surface area contributed by atoms with E-state index in [0.29, 0.717) is 20.7 Å². The second-order valence-electron chi connectivity index (χ2n) is 5.67. The smallest absolute Gasteiger partial charge is 0.128 e. The highest BCUT2D eigenvalue weighted by molar-refractivity contribution is 7.99. The van der Waals surface area contributed by atoms with Crippen molar-refractivity contribution in [2.24, 2.45) is 0 Å². The fourth-order valence-corrected chi connectivity index (χ4v) is 8.21. The maximum atomic E-state index is 10.4. The van der Waals surface area contributed by atoms with Crippen LogP contribution in [0.4, 0.5) is 0 Å². The molecule has 0 amide bonds. The predicted molar refractivity (Wildman–Crippen MR) is 104 cm³/mol. The Morgan fingerprint density at radius 1 is 0.708 bits per heavy atom. The van der Waals surface area contributed by atoms with Crippen LogP contribution >= 0.6 is 7.47 Å². The van der Waals surface area contributed by atoms with Gasteiger partial charge in [0.1, 0.15) is 20.7 Å². The summed E-state index contributed by atoms with van der Waals surface area (Å²) in [6, 6.07) is 21.3. The highest BCUT2D eigenvalue weighted by Gasteiger charge is 2.22. The van der Waals surface area contributed by atoms with E-state index >= 15 is 0 Å². The number of hydrogen-bond acceptors (Lipinski definition) is 2. The van der Waals surface area contributed by atoms with Crippen LogP contribution < -0.4 is 15.8 Å². The maximum absolute atomic E-state index is 10.4. The van der Waals surface area contributed by atoms with Crippen molar-refractivity contribution in [1.82, 2.24) is 0 Å². The zero-order chi connectivity index (χ0) is 17.1. The Hall–Kier alpha value is -2.09. The van der Waals surface area contributed by atoms with Gasteiger partial charge >= 0.3 is 0 Å². The number of phenolic OH excluding ortho intramolecular Hbond substituents is 2. The first-order valence-electron chi connectivity index (χ1n) is 7.77. The van der Waals surface area contributed by atoms with Crippen molar-refractivity contribution in [3.8, 4) is 11.5 Å². The fourth-order valence-electron chi connectivity index (χ4n) is 2.55. The van der Waals surface area contributed by atoms with Crippen LogP contribution in [0.2, 0.25) is 0 Å². The molecule has 0 heterocycles. The van der Waals surface area contributed by atoms with E-state index in [1.54, 1.807) is 12.1 Å². The number of aromatic hydroxyl groups is 2. The van der Waals surface area contributed by atoms with Crippen LogP contribution in [0.15, 0.2) is 66.7 Å². The van der Waals surface area contributed by atoms with Gasteiger partial charge in [0, 0.05) is 10.6 Å². The SMILES string of the molecule is Cc1cccc([Si]P(c2ccccc2O)c2ccccc2O)c1C.